The van der Waals surface area contributed by atoms with Crippen molar-refractivity contribution in [2.45, 2.75) is 32.5 Å². The molecule has 3 N–H and O–H groups in total. The number of aliphatic carboxylic acids is 1. The van der Waals surface area contributed by atoms with Gasteiger partial charge in [0.25, 0.3) is 0 Å². The molecule has 0 heterocycles. The molecule has 0 saturated carbocycles. The molecule has 0 aliphatic carbocycles. The molecule has 0 saturated heterocycles. The lowest BCUT2D eigenvalue weighted by atomic mass is 10.1. The molecule has 6 nitrogen and oxygen atoms in total. The maximum Gasteiger partial charge on any atom is 0.337 e. The number of ether oxygens (including phenoxy) is 1. The van der Waals surface area contributed by atoms with Gasteiger partial charge in [-0.2, -0.15) is 0 Å². The predicted molar refractivity (Wildman–Crippen MR) is 52.4 cm³/mol. The third-order valence-electron chi connectivity index (χ3n) is 1.64. The van der Waals surface area contributed by atoms with Gasteiger partial charge in [0.1, 0.15) is 6.61 Å². The van der Waals surface area contributed by atoms with E-state index in [9.17, 15) is 14.7 Å². The molecule has 0 fully saturated rings. The van der Waals surface area contributed by atoms with Gasteiger partial charge in [0.2, 0.25) is 5.91 Å². The summed E-state index contributed by atoms with van der Waals surface area (Å²) in [5.74, 6) is -1.84. The van der Waals surface area contributed by atoms with E-state index in [1.54, 1.807) is 13.8 Å². The van der Waals surface area contributed by atoms with Gasteiger partial charge in [-0.25, -0.2) is 4.79 Å². The minimum atomic E-state index is -1.95. The number of carbonyl (C=O) groups excluding carboxylic acids is 1. The zero-order valence-corrected chi connectivity index (χ0v) is 9.11. The van der Waals surface area contributed by atoms with Crippen LogP contribution in [0.4, 0.5) is 0 Å². The van der Waals surface area contributed by atoms with Crippen molar-refractivity contribution >= 4 is 11.9 Å². The third-order valence-corrected chi connectivity index (χ3v) is 1.64. The van der Waals surface area contributed by atoms with Crippen LogP contribution in [0.3, 0.4) is 0 Å². The monoisotopic (exact) mass is 219 g/mol. The predicted octanol–water partition coefficient (Wildman–Crippen LogP) is -0.637. The van der Waals surface area contributed by atoms with E-state index in [0.717, 1.165) is 6.92 Å². The molecule has 0 aliphatic heterocycles. The molecule has 0 aromatic heterocycles. The summed E-state index contributed by atoms with van der Waals surface area (Å²) in [5.41, 5.74) is -1.95. The largest absolute Gasteiger partial charge is 0.479 e. The van der Waals surface area contributed by atoms with Gasteiger partial charge in [0, 0.05) is 0 Å². The maximum absolute atomic E-state index is 11.1. The van der Waals surface area contributed by atoms with Gasteiger partial charge in [0.05, 0.1) is 12.6 Å². The Bertz CT molecular complexity index is 237. The van der Waals surface area contributed by atoms with Crippen LogP contribution < -0.4 is 5.32 Å². The van der Waals surface area contributed by atoms with Crippen LogP contribution in [-0.2, 0) is 14.3 Å². The minimum Gasteiger partial charge on any atom is -0.479 e. The van der Waals surface area contributed by atoms with E-state index in [-0.39, 0.29) is 19.3 Å². The molecule has 1 unspecified atom stereocenters. The molecule has 88 valence electrons. The maximum atomic E-state index is 11.1. The Hall–Kier alpha value is -1.14. The van der Waals surface area contributed by atoms with Gasteiger partial charge in [-0.1, -0.05) is 0 Å². The van der Waals surface area contributed by atoms with Crippen LogP contribution in [0, 0.1) is 0 Å². The zero-order valence-electron chi connectivity index (χ0n) is 9.11. The standard InChI is InChI=1S/C9H17NO5/c1-6(2)15-4-7(11)10-5-9(3,14)8(12)13/h6,14H,4-5H2,1-3H3,(H,10,11)(H,12,13). The molecule has 0 rings (SSSR count). The molecular weight excluding hydrogens is 202 g/mol. The Morgan fingerprint density at radius 2 is 2.00 bits per heavy atom. The Labute approximate surface area is 88.2 Å². The summed E-state index contributed by atoms with van der Waals surface area (Å²) < 4.78 is 4.99. The fourth-order valence-electron chi connectivity index (χ4n) is 0.640. The first-order valence-corrected chi connectivity index (χ1v) is 4.60. The first-order chi connectivity index (χ1) is 6.75. The highest BCUT2D eigenvalue weighted by molar-refractivity contribution is 5.80. The molecule has 1 atom stereocenters. The highest BCUT2D eigenvalue weighted by Gasteiger charge is 2.30. The Morgan fingerprint density at radius 1 is 1.47 bits per heavy atom. The highest BCUT2D eigenvalue weighted by Crippen LogP contribution is 2.00. The number of aliphatic hydroxyl groups is 1. The van der Waals surface area contributed by atoms with E-state index in [1.165, 1.54) is 0 Å². The second-order valence-electron chi connectivity index (χ2n) is 3.72. The number of carboxylic acids is 1. The smallest absolute Gasteiger partial charge is 0.337 e. The summed E-state index contributed by atoms with van der Waals surface area (Å²) in [7, 11) is 0. The van der Waals surface area contributed by atoms with E-state index in [4.69, 9.17) is 9.84 Å². The summed E-state index contributed by atoms with van der Waals surface area (Å²) in [6.07, 6.45) is -0.0734. The van der Waals surface area contributed by atoms with E-state index >= 15 is 0 Å². The van der Waals surface area contributed by atoms with Crippen molar-refractivity contribution in [2.24, 2.45) is 0 Å². The van der Waals surface area contributed by atoms with Crippen molar-refractivity contribution in [1.82, 2.24) is 5.32 Å². The van der Waals surface area contributed by atoms with Crippen LogP contribution in [0.1, 0.15) is 20.8 Å². The van der Waals surface area contributed by atoms with E-state index in [2.05, 4.69) is 5.32 Å². The topological polar surface area (TPSA) is 95.9 Å². The first kappa shape index (κ1) is 13.9. The third kappa shape index (κ3) is 6.03. The van der Waals surface area contributed by atoms with Gasteiger partial charge in [-0.05, 0) is 20.8 Å². The molecule has 0 aromatic rings. The molecule has 15 heavy (non-hydrogen) atoms. The quantitative estimate of drug-likeness (QED) is 0.552. The van der Waals surface area contributed by atoms with Crippen molar-refractivity contribution in [2.75, 3.05) is 13.2 Å². The molecule has 0 aromatic carbocycles. The molecule has 0 radical (unpaired) electrons. The van der Waals surface area contributed by atoms with E-state index < -0.39 is 17.5 Å². The van der Waals surface area contributed by atoms with Crippen LogP contribution >= 0.6 is 0 Å². The highest BCUT2D eigenvalue weighted by atomic mass is 16.5. The SMILES string of the molecule is CC(C)OCC(=O)NCC(C)(O)C(=O)O. The van der Waals surface area contributed by atoms with Gasteiger partial charge in [-0.15, -0.1) is 0 Å². The summed E-state index contributed by atoms with van der Waals surface area (Å²) in [6, 6.07) is 0. The van der Waals surface area contributed by atoms with Gasteiger partial charge < -0.3 is 20.3 Å². The molecule has 6 heteroatoms. The van der Waals surface area contributed by atoms with Crippen LogP contribution in [0.25, 0.3) is 0 Å². The number of carboxylic acid groups (broad SMARTS) is 1. The average Bonchev–Trinajstić information content (AvgIpc) is 2.11. The van der Waals surface area contributed by atoms with Gasteiger partial charge in [0.15, 0.2) is 5.60 Å². The number of rotatable bonds is 6. The van der Waals surface area contributed by atoms with Crippen LogP contribution in [0.5, 0.6) is 0 Å². The molecular formula is C9H17NO5. The zero-order chi connectivity index (χ0) is 12.1. The van der Waals surface area contributed by atoms with Crippen LogP contribution in [0.2, 0.25) is 0 Å². The lowest BCUT2D eigenvalue weighted by molar-refractivity contribution is -0.156. The molecule has 1 amide bonds. The Balaban J connectivity index is 3.85. The summed E-state index contributed by atoms with van der Waals surface area (Å²) in [5, 5.41) is 20.1. The van der Waals surface area contributed by atoms with Crippen LogP contribution in [-0.4, -0.2) is 46.9 Å². The fourth-order valence-corrected chi connectivity index (χ4v) is 0.640. The fraction of sp³-hybridized carbons (Fsp3) is 0.778. The summed E-state index contributed by atoms with van der Waals surface area (Å²) in [4.78, 5) is 21.5. The number of nitrogens with one attached hydrogen (secondary N) is 1. The van der Waals surface area contributed by atoms with E-state index in [1.807, 2.05) is 0 Å². The summed E-state index contributed by atoms with van der Waals surface area (Å²) >= 11 is 0. The first-order valence-electron chi connectivity index (χ1n) is 4.60. The van der Waals surface area contributed by atoms with E-state index in [0.29, 0.717) is 0 Å². The lowest BCUT2D eigenvalue weighted by Gasteiger charge is -2.18. The molecule has 0 bridgehead atoms. The van der Waals surface area contributed by atoms with Crippen molar-refractivity contribution in [3.05, 3.63) is 0 Å². The van der Waals surface area contributed by atoms with Crippen molar-refractivity contribution in [3.63, 3.8) is 0 Å². The minimum absolute atomic E-state index is 0.0734. The van der Waals surface area contributed by atoms with Gasteiger partial charge in [-0.3, -0.25) is 4.79 Å². The average molecular weight is 219 g/mol. The Morgan fingerprint density at radius 3 is 2.40 bits per heavy atom. The number of amides is 1. The number of hydrogen-bond acceptors (Lipinski definition) is 4. The number of carbonyl (C=O) groups is 2. The number of hydrogen-bond donors (Lipinski definition) is 3. The molecule has 0 aliphatic rings. The second kappa shape index (κ2) is 5.67. The summed E-state index contributed by atoms with van der Waals surface area (Å²) in [6.45, 7) is 4.18. The normalized spacial score (nSPS) is 14.7. The van der Waals surface area contributed by atoms with Crippen molar-refractivity contribution in [1.29, 1.82) is 0 Å². The Kier molecular flexibility index (Phi) is 5.24. The van der Waals surface area contributed by atoms with Crippen molar-refractivity contribution < 1.29 is 24.5 Å². The van der Waals surface area contributed by atoms with Crippen molar-refractivity contribution in [3.8, 4) is 0 Å². The molecule has 0 spiro atoms. The van der Waals surface area contributed by atoms with Crippen LogP contribution in [0.15, 0.2) is 0 Å². The lowest BCUT2D eigenvalue weighted by Crippen LogP contribution is -2.47. The second-order valence-corrected chi connectivity index (χ2v) is 3.72. The van der Waals surface area contributed by atoms with Gasteiger partial charge >= 0.3 is 5.97 Å².